The number of ketones is 1. The van der Waals surface area contributed by atoms with E-state index in [0.29, 0.717) is 24.8 Å². The zero-order valence-electron chi connectivity index (χ0n) is 11.9. The lowest BCUT2D eigenvalue weighted by Crippen LogP contribution is -2.43. The molecule has 2 aliphatic rings. The first-order valence-electron chi connectivity index (χ1n) is 7.39. The van der Waals surface area contributed by atoms with E-state index in [1.807, 2.05) is 0 Å². The first kappa shape index (κ1) is 15.4. The number of rotatable bonds is 2. The van der Waals surface area contributed by atoms with Gasteiger partial charge in [0.25, 0.3) is 0 Å². The number of hydrogen-bond donors (Lipinski definition) is 1. The van der Waals surface area contributed by atoms with Crippen LogP contribution >= 0.6 is 15.9 Å². The molecular formula is C17H17BrO4. The molecule has 1 aromatic rings. The summed E-state index contributed by atoms with van der Waals surface area (Å²) in [5.74, 6) is -0.366. The van der Waals surface area contributed by atoms with Crippen LogP contribution in [0.2, 0.25) is 0 Å². The number of hydrogen-bond acceptors (Lipinski definition) is 4. The normalized spacial score (nSPS) is 30.7. The predicted octanol–water partition coefficient (Wildman–Crippen LogP) is 2.89. The zero-order chi connectivity index (χ0) is 15.7. The number of fused-ring (bicyclic) bond motifs is 1. The highest BCUT2D eigenvalue weighted by Crippen LogP contribution is 2.38. The second kappa shape index (κ2) is 6.34. The lowest BCUT2D eigenvalue weighted by molar-refractivity contribution is -0.126. The van der Waals surface area contributed by atoms with Crippen LogP contribution in [0.3, 0.4) is 0 Å². The summed E-state index contributed by atoms with van der Waals surface area (Å²) in [4.78, 5) is 24.0. The molecule has 22 heavy (non-hydrogen) atoms. The molecule has 0 spiro atoms. The fourth-order valence-corrected chi connectivity index (χ4v) is 3.52. The Hall–Kier alpha value is -1.46. The van der Waals surface area contributed by atoms with Gasteiger partial charge in [-0.25, -0.2) is 4.79 Å². The maximum absolute atomic E-state index is 12.2. The number of carbonyl (C=O) groups is 2. The Morgan fingerprint density at radius 2 is 1.91 bits per heavy atom. The minimum atomic E-state index is -0.555. The topological polar surface area (TPSA) is 63.6 Å². The van der Waals surface area contributed by atoms with Gasteiger partial charge in [-0.15, -0.1) is 0 Å². The highest BCUT2D eigenvalue weighted by Gasteiger charge is 2.41. The summed E-state index contributed by atoms with van der Waals surface area (Å²) < 4.78 is 6.47. The van der Waals surface area contributed by atoms with Gasteiger partial charge in [0.15, 0.2) is 0 Å². The molecule has 1 fully saturated rings. The molecule has 0 unspecified atom stereocenters. The average molecular weight is 365 g/mol. The molecular weight excluding hydrogens is 348 g/mol. The molecule has 0 saturated heterocycles. The molecule has 0 aromatic heterocycles. The number of esters is 1. The van der Waals surface area contributed by atoms with Gasteiger partial charge in [-0.2, -0.15) is 0 Å². The maximum atomic E-state index is 12.2. The van der Waals surface area contributed by atoms with Crippen LogP contribution in [0, 0.1) is 11.8 Å². The third kappa shape index (κ3) is 3.15. The maximum Gasteiger partial charge on any atom is 0.338 e. The van der Waals surface area contributed by atoms with Crippen LogP contribution in [0.15, 0.2) is 40.9 Å². The summed E-state index contributed by atoms with van der Waals surface area (Å²) in [5, 5.41) is 10.0. The number of ether oxygens (including phenoxy) is 1. The van der Waals surface area contributed by atoms with Crippen molar-refractivity contribution >= 4 is 27.7 Å². The van der Waals surface area contributed by atoms with Crippen molar-refractivity contribution in [2.45, 2.75) is 31.5 Å². The summed E-state index contributed by atoms with van der Waals surface area (Å²) in [6.45, 7) is 0. The van der Waals surface area contributed by atoms with Crippen LogP contribution in [0.25, 0.3) is 0 Å². The number of carbonyl (C=O) groups excluding carboxylic acids is 2. The Balaban J connectivity index is 1.75. The smallest absolute Gasteiger partial charge is 0.338 e. The van der Waals surface area contributed by atoms with Gasteiger partial charge in [0.2, 0.25) is 0 Å². The average Bonchev–Trinajstić information content (AvgIpc) is 2.50. The van der Waals surface area contributed by atoms with Crippen molar-refractivity contribution < 1.29 is 19.4 Å². The van der Waals surface area contributed by atoms with Crippen molar-refractivity contribution in [2.24, 2.45) is 11.8 Å². The summed E-state index contributed by atoms with van der Waals surface area (Å²) in [6.07, 6.45) is 3.90. The van der Waals surface area contributed by atoms with Crippen LogP contribution < -0.4 is 0 Å². The first-order chi connectivity index (χ1) is 10.5. The Morgan fingerprint density at radius 1 is 1.18 bits per heavy atom. The fraction of sp³-hybridized carbons (Fsp3) is 0.412. The molecule has 0 aliphatic heterocycles. The van der Waals surface area contributed by atoms with Crippen LogP contribution in [0.1, 0.15) is 29.6 Å². The van der Waals surface area contributed by atoms with E-state index < -0.39 is 18.2 Å². The van der Waals surface area contributed by atoms with E-state index in [1.54, 1.807) is 36.4 Å². The van der Waals surface area contributed by atoms with Gasteiger partial charge in [-0.05, 0) is 42.7 Å². The van der Waals surface area contributed by atoms with Gasteiger partial charge in [-0.3, -0.25) is 4.79 Å². The van der Waals surface area contributed by atoms with Gasteiger partial charge in [0, 0.05) is 23.2 Å². The molecule has 0 heterocycles. The molecule has 5 heteroatoms. The minimum absolute atomic E-state index is 0.00887. The SMILES string of the molecule is O=C1CC[C@H]2[C@@H](C1)[C@@H](OC(=O)c1ccc(Br)cc1)C=C[C@H]2O. The molecule has 1 saturated carbocycles. The second-order valence-electron chi connectivity index (χ2n) is 5.86. The Labute approximate surface area is 137 Å². The van der Waals surface area contributed by atoms with Crippen molar-refractivity contribution in [3.8, 4) is 0 Å². The monoisotopic (exact) mass is 364 g/mol. The van der Waals surface area contributed by atoms with Gasteiger partial charge < -0.3 is 9.84 Å². The van der Waals surface area contributed by atoms with Crippen molar-refractivity contribution in [3.63, 3.8) is 0 Å². The number of Topliss-reactive ketones (excluding diaryl/α,β-unsaturated/α-hetero) is 1. The lowest BCUT2D eigenvalue weighted by Gasteiger charge is -2.39. The zero-order valence-corrected chi connectivity index (χ0v) is 13.5. The second-order valence-corrected chi connectivity index (χ2v) is 6.78. The largest absolute Gasteiger partial charge is 0.454 e. The molecule has 3 rings (SSSR count). The summed E-state index contributed by atoms with van der Waals surface area (Å²) >= 11 is 3.32. The third-order valence-electron chi connectivity index (χ3n) is 4.45. The summed E-state index contributed by atoms with van der Waals surface area (Å²) in [5.41, 5.74) is 0.474. The van der Waals surface area contributed by atoms with Crippen LogP contribution in [0.4, 0.5) is 0 Å². The van der Waals surface area contributed by atoms with Crippen LogP contribution in [-0.4, -0.2) is 29.1 Å². The molecule has 1 aromatic carbocycles. The number of benzene rings is 1. The molecule has 4 nitrogen and oxygen atoms in total. The molecule has 0 radical (unpaired) electrons. The standard InChI is InChI=1S/C17H17BrO4/c18-11-3-1-10(2-4-11)17(21)22-16-8-7-15(20)13-6-5-12(19)9-14(13)16/h1-4,7-8,13-16,20H,5-6,9H2/t13-,14+,15+,16-/m0/s1. The van der Waals surface area contributed by atoms with Gasteiger partial charge >= 0.3 is 5.97 Å². The van der Waals surface area contributed by atoms with Crippen LogP contribution in [0.5, 0.6) is 0 Å². The molecule has 116 valence electrons. The van der Waals surface area contributed by atoms with Gasteiger partial charge in [0.1, 0.15) is 11.9 Å². The van der Waals surface area contributed by atoms with Gasteiger partial charge in [-0.1, -0.05) is 22.0 Å². The van der Waals surface area contributed by atoms with Crippen LogP contribution in [-0.2, 0) is 9.53 Å². The van der Waals surface area contributed by atoms with E-state index in [1.165, 1.54) is 0 Å². The van der Waals surface area contributed by atoms with Gasteiger partial charge in [0.05, 0.1) is 11.7 Å². The minimum Gasteiger partial charge on any atom is -0.454 e. The molecule has 2 aliphatic carbocycles. The first-order valence-corrected chi connectivity index (χ1v) is 8.18. The molecule has 4 atom stereocenters. The van der Waals surface area contributed by atoms with E-state index in [2.05, 4.69) is 15.9 Å². The number of aliphatic hydroxyl groups excluding tert-OH is 1. The van der Waals surface area contributed by atoms with E-state index in [-0.39, 0.29) is 17.6 Å². The summed E-state index contributed by atoms with van der Waals surface area (Å²) in [7, 11) is 0. The van der Waals surface area contributed by atoms with E-state index >= 15 is 0 Å². The van der Waals surface area contributed by atoms with Crippen molar-refractivity contribution in [1.82, 2.24) is 0 Å². The highest BCUT2D eigenvalue weighted by molar-refractivity contribution is 9.10. The number of halogens is 1. The third-order valence-corrected chi connectivity index (χ3v) is 4.98. The highest BCUT2D eigenvalue weighted by atomic mass is 79.9. The Morgan fingerprint density at radius 3 is 2.64 bits per heavy atom. The fourth-order valence-electron chi connectivity index (χ4n) is 3.25. The van der Waals surface area contributed by atoms with E-state index in [0.717, 1.165) is 4.47 Å². The van der Waals surface area contributed by atoms with Crippen molar-refractivity contribution in [1.29, 1.82) is 0 Å². The lowest BCUT2D eigenvalue weighted by atomic mass is 9.70. The van der Waals surface area contributed by atoms with Crippen molar-refractivity contribution in [3.05, 3.63) is 46.5 Å². The number of aliphatic hydroxyl groups is 1. The Bertz CT molecular complexity index is 608. The van der Waals surface area contributed by atoms with E-state index in [9.17, 15) is 14.7 Å². The Kier molecular flexibility index (Phi) is 4.45. The van der Waals surface area contributed by atoms with Crippen molar-refractivity contribution in [2.75, 3.05) is 0 Å². The predicted molar refractivity (Wildman–Crippen MR) is 84.3 cm³/mol. The molecule has 1 N–H and O–H groups in total. The molecule has 0 bridgehead atoms. The molecule has 0 amide bonds. The quantitative estimate of drug-likeness (QED) is 0.647. The van der Waals surface area contributed by atoms with E-state index in [4.69, 9.17) is 4.74 Å². The summed E-state index contributed by atoms with van der Waals surface area (Å²) in [6, 6.07) is 6.95.